The Hall–Kier alpha value is -2.62. The van der Waals surface area contributed by atoms with Gasteiger partial charge in [0.25, 0.3) is 0 Å². The monoisotopic (exact) mass is 292 g/mol. The van der Waals surface area contributed by atoms with Crippen LogP contribution >= 0.6 is 0 Å². The second-order valence-electron chi connectivity index (χ2n) is 5.80. The van der Waals surface area contributed by atoms with Crippen molar-refractivity contribution in [3.8, 4) is 5.69 Å². The first-order valence-electron chi connectivity index (χ1n) is 7.43. The standard InChI is InChI=1S/C18H16N2O2/c1-12-4-6-14(7-5-12)20-16-9-13(18-3-2-8-22-18)10-17(21)15(16)11-19-20/h2-8,11,13H,9-10H2,1H3. The van der Waals surface area contributed by atoms with Gasteiger partial charge in [-0.2, -0.15) is 5.10 Å². The number of ketones is 1. The zero-order valence-electron chi connectivity index (χ0n) is 12.3. The maximum absolute atomic E-state index is 12.4. The molecule has 0 spiro atoms. The van der Waals surface area contributed by atoms with Gasteiger partial charge in [0.2, 0.25) is 0 Å². The molecule has 1 atom stereocenters. The molecule has 0 saturated heterocycles. The first kappa shape index (κ1) is 13.1. The molecule has 0 bridgehead atoms. The van der Waals surface area contributed by atoms with E-state index in [2.05, 4.69) is 24.2 Å². The molecule has 1 aliphatic carbocycles. The zero-order valence-corrected chi connectivity index (χ0v) is 12.3. The van der Waals surface area contributed by atoms with E-state index in [-0.39, 0.29) is 11.7 Å². The molecule has 110 valence electrons. The number of carbonyl (C=O) groups is 1. The van der Waals surface area contributed by atoms with Gasteiger partial charge in [-0.05, 0) is 31.2 Å². The maximum Gasteiger partial charge on any atom is 0.167 e. The van der Waals surface area contributed by atoms with Crippen LogP contribution in [0.1, 0.15) is 39.7 Å². The largest absolute Gasteiger partial charge is 0.469 e. The summed E-state index contributed by atoms with van der Waals surface area (Å²) in [6, 6.07) is 12.0. The molecule has 1 unspecified atom stereocenters. The van der Waals surface area contributed by atoms with Gasteiger partial charge in [-0.15, -0.1) is 0 Å². The third-order valence-electron chi connectivity index (χ3n) is 4.26. The molecule has 0 N–H and O–H groups in total. The molecule has 0 radical (unpaired) electrons. The summed E-state index contributed by atoms with van der Waals surface area (Å²) < 4.78 is 7.37. The van der Waals surface area contributed by atoms with Gasteiger partial charge in [0.1, 0.15) is 5.76 Å². The molecule has 4 nitrogen and oxygen atoms in total. The Morgan fingerprint density at radius 3 is 2.73 bits per heavy atom. The second-order valence-corrected chi connectivity index (χ2v) is 5.80. The van der Waals surface area contributed by atoms with E-state index in [1.165, 1.54) is 5.56 Å². The van der Waals surface area contributed by atoms with Crippen LogP contribution in [0.25, 0.3) is 5.69 Å². The van der Waals surface area contributed by atoms with E-state index in [4.69, 9.17) is 4.42 Å². The van der Waals surface area contributed by atoms with Crippen LogP contribution < -0.4 is 0 Å². The number of furan rings is 1. The second kappa shape index (κ2) is 4.98. The van der Waals surface area contributed by atoms with E-state index in [0.29, 0.717) is 6.42 Å². The summed E-state index contributed by atoms with van der Waals surface area (Å²) in [6.07, 6.45) is 4.60. The lowest BCUT2D eigenvalue weighted by Gasteiger charge is -2.20. The molecule has 0 saturated carbocycles. The van der Waals surface area contributed by atoms with Crippen molar-refractivity contribution in [2.24, 2.45) is 0 Å². The number of carbonyl (C=O) groups excluding carboxylic acids is 1. The molecule has 3 aromatic rings. The molecule has 2 heterocycles. The highest BCUT2D eigenvalue weighted by Crippen LogP contribution is 2.33. The van der Waals surface area contributed by atoms with Gasteiger partial charge in [-0.3, -0.25) is 4.79 Å². The number of fused-ring (bicyclic) bond motifs is 1. The molecule has 4 heteroatoms. The summed E-state index contributed by atoms with van der Waals surface area (Å²) >= 11 is 0. The van der Waals surface area contributed by atoms with Crippen molar-refractivity contribution in [1.82, 2.24) is 9.78 Å². The minimum atomic E-state index is 0.0934. The lowest BCUT2D eigenvalue weighted by Crippen LogP contribution is -2.19. The van der Waals surface area contributed by atoms with E-state index >= 15 is 0 Å². The SMILES string of the molecule is Cc1ccc(-n2ncc3c2CC(c2ccco2)CC3=O)cc1. The molecular weight excluding hydrogens is 276 g/mol. The molecule has 4 rings (SSSR count). The number of aryl methyl sites for hydroxylation is 1. The van der Waals surface area contributed by atoms with Crippen molar-refractivity contribution in [2.75, 3.05) is 0 Å². The lowest BCUT2D eigenvalue weighted by atomic mass is 9.85. The Balaban J connectivity index is 1.76. The zero-order chi connectivity index (χ0) is 15.1. The van der Waals surface area contributed by atoms with E-state index < -0.39 is 0 Å². The average molecular weight is 292 g/mol. The van der Waals surface area contributed by atoms with Gasteiger partial charge in [-0.25, -0.2) is 4.68 Å². The first-order valence-corrected chi connectivity index (χ1v) is 7.43. The summed E-state index contributed by atoms with van der Waals surface area (Å²) in [7, 11) is 0. The Bertz CT molecular complexity index is 813. The number of hydrogen-bond acceptors (Lipinski definition) is 3. The third kappa shape index (κ3) is 2.08. The molecular formula is C18H16N2O2. The molecule has 22 heavy (non-hydrogen) atoms. The predicted octanol–water partition coefficient (Wildman–Crippen LogP) is 3.69. The minimum absolute atomic E-state index is 0.0934. The van der Waals surface area contributed by atoms with Gasteiger partial charge >= 0.3 is 0 Å². The number of nitrogens with zero attached hydrogens (tertiary/aromatic N) is 2. The van der Waals surface area contributed by atoms with Crippen LogP contribution in [-0.2, 0) is 6.42 Å². The lowest BCUT2D eigenvalue weighted by molar-refractivity contribution is 0.0959. The fraction of sp³-hybridized carbons (Fsp3) is 0.222. The van der Waals surface area contributed by atoms with Crippen molar-refractivity contribution in [2.45, 2.75) is 25.7 Å². The van der Waals surface area contributed by atoms with Gasteiger partial charge in [0.05, 0.1) is 29.4 Å². The van der Waals surface area contributed by atoms with E-state index in [1.54, 1.807) is 12.5 Å². The summed E-state index contributed by atoms with van der Waals surface area (Å²) in [5, 5.41) is 4.43. The number of benzene rings is 1. The number of hydrogen-bond donors (Lipinski definition) is 0. The van der Waals surface area contributed by atoms with Crippen LogP contribution in [0.2, 0.25) is 0 Å². The third-order valence-corrected chi connectivity index (χ3v) is 4.26. The van der Waals surface area contributed by atoms with Crippen LogP contribution in [-0.4, -0.2) is 15.6 Å². The van der Waals surface area contributed by atoms with E-state index in [1.807, 2.05) is 28.9 Å². The van der Waals surface area contributed by atoms with Crippen molar-refractivity contribution in [3.63, 3.8) is 0 Å². The fourth-order valence-corrected chi connectivity index (χ4v) is 3.08. The van der Waals surface area contributed by atoms with Crippen LogP contribution in [0.4, 0.5) is 0 Å². The fourth-order valence-electron chi connectivity index (χ4n) is 3.08. The Morgan fingerprint density at radius 1 is 1.18 bits per heavy atom. The van der Waals surface area contributed by atoms with Crippen molar-refractivity contribution >= 4 is 5.78 Å². The minimum Gasteiger partial charge on any atom is -0.469 e. The normalized spacial score (nSPS) is 17.5. The Morgan fingerprint density at radius 2 is 2.00 bits per heavy atom. The topological polar surface area (TPSA) is 48.0 Å². The van der Waals surface area contributed by atoms with Crippen LogP contribution in [0, 0.1) is 6.92 Å². The summed E-state index contributed by atoms with van der Waals surface area (Å²) in [6.45, 7) is 2.05. The number of rotatable bonds is 2. The number of Topliss-reactive ketones (excluding diaryl/α,β-unsaturated/α-hetero) is 1. The van der Waals surface area contributed by atoms with Crippen molar-refractivity contribution in [3.05, 3.63) is 71.4 Å². The molecule has 0 fully saturated rings. The quantitative estimate of drug-likeness (QED) is 0.723. The van der Waals surface area contributed by atoms with Crippen LogP contribution in [0.15, 0.2) is 53.3 Å². The summed E-state index contributed by atoms with van der Waals surface area (Å²) in [5.41, 5.74) is 3.90. The first-order chi connectivity index (χ1) is 10.7. The van der Waals surface area contributed by atoms with E-state index in [0.717, 1.165) is 29.1 Å². The highest BCUT2D eigenvalue weighted by atomic mass is 16.3. The van der Waals surface area contributed by atoms with Crippen LogP contribution in [0.3, 0.4) is 0 Å². The summed E-state index contributed by atoms with van der Waals surface area (Å²) in [4.78, 5) is 12.4. The van der Waals surface area contributed by atoms with E-state index in [9.17, 15) is 4.79 Å². The number of aromatic nitrogens is 2. The predicted molar refractivity (Wildman–Crippen MR) is 82.4 cm³/mol. The molecule has 1 aromatic carbocycles. The smallest absolute Gasteiger partial charge is 0.167 e. The molecule has 0 aliphatic heterocycles. The van der Waals surface area contributed by atoms with Gasteiger partial charge in [-0.1, -0.05) is 17.7 Å². The van der Waals surface area contributed by atoms with Gasteiger partial charge in [0.15, 0.2) is 5.78 Å². The molecule has 0 amide bonds. The highest BCUT2D eigenvalue weighted by molar-refractivity contribution is 5.98. The Labute approximate surface area is 128 Å². The summed E-state index contributed by atoms with van der Waals surface area (Å²) in [5.74, 6) is 1.10. The molecule has 1 aliphatic rings. The molecule has 2 aromatic heterocycles. The maximum atomic E-state index is 12.4. The average Bonchev–Trinajstić information content (AvgIpc) is 3.17. The van der Waals surface area contributed by atoms with Crippen LogP contribution in [0.5, 0.6) is 0 Å². The Kier molecular flexibility index (Phi) is 2.96. The van der Waals surface area contributed by atoms with Gasteiger partial charge < -0.3 is 4.42 Å². The van der Waals surface area contributed by atoms with Crippen molar-refractivity contribution in [1.29, 1.82) is 0 Å². The van der Waals surface area contributed by atoms with Gasteiger partial charge in [0, 0.05) is 18.8 Å². The highest BCUT2D eigenvalue weighted by Gasteiger charge is 2.31. The van der Waals surface area contributed by atoms with Crippen molar-refractivity contribution < 1.29 is 9.21 Å².